The highest BCUT2D eigenvalue weighted by atomic mass is 32.1. The Morgan fingerprint density at radius 2 is 1.93 bits per heavy atom. The van der Waals surface area contributed by atoms with Crippen LogP contribution in [0.4, 0.5) is 4.79 Å². The van der Waals surface area contributed by atoms with Crippen molar-refractivity contribution in [2.75, 3.05) is 6.54 Å². The average Bonchev–Trinajstić information content (AvgIpc) is 3.03. The molecule has 1 amide bonds. The Bertz CT molecular complexity index is 540. The van der Waals surface area contributed by atoms with E-state index in [-0.39, 0.29) is 0 Å². The molecule has 0 aliphatic carbocycles. The molecule has 3 N–H and O–H groups in total. The normalized spacial score (nSPS) is 15.6. The second kappa shape index (κ2) is 11.0. The molecular weight excluding hydrogens is 360 g/mol. The molecule has 0 spiro atoms. The standard InChI is InChI=1S/C21H38N2O3S/c1-15(2)9-7-10-16(3)22-14-19(24)18(13-17-11-8-12-27-17)23(20(25)26)21(4,5)6/h8,11-12,15-16,18-19,22,24H,7,9-10,13-14H2,1-6H3,(H,25,26)/t16?,18-,19-/m0/s1. The molecule has 0 aliphatic heterocycles. The maximum absolute atomic E-state index is 12.0. The Morgan fingerprint density at radius 3 is 2.41 bits per heavy atom. The van der Waals surface area contributed by atoms with E-state index in [1.807, 2.05) is 38.3 Å². The van der Waals surface area contributed by atoms with Crippen molar-refractivity contribution in [3.05, 3.63) is 22.4 Å². The van der Waals surface area contributed by atoms with E-state index >= 15 is 0 Å². The van der Waals surface area contributed by atoms with Gasteiger partial charge in [-0.05, 0) is 51.5 Å². The molecule has 0 radical (unpaired) electrons. The van der Waals surface area contributed by atoms with E-state index in [0.717, 1.165) is 17.7 Å². The predicted molar refractivity (Wildman–Crippen MR) is 114 cm³/mol. The molecule has 0 fully saturated rings. The van der Waals surface area contributed by atoms with Gasteiger partial charge in [0.2, 0.25) is 0 Å². The first kappa shape index (κ1) is 23.9. The molecule has 1 unspecified atom stereocenters. The van der Waals surface area contributed by atoms with E-state index in [4.69, 9.17) is 0 Å². The first-order valence-electron chi connectivity index (χ1n) is 9.98. The number of thiophene rings is 1. The minimum Gasteiger partial charge on any atom is -0.465 e. The van der Waals surface area contributed by atoms with Crippen LogP contribution in [0, 0.1) is 5.92 Å². The number of carboxylic acid groups (broad SMARTS) is 1. The van der Waals surface area contributed by atoms with Crippen LogP contribution in [0.5, 0.6) is 0 Å². The van der Waals surface area contributed by atoms with Crippen LogP contribution >= 0.6 is 11.3 Å². The molecule has 1 rings (SSSR count). The van der Waals surface area contributed by atoms with Crippen LogP contribution in [0.15, 0.2) is 17.5 Å². The van der Waals surface area contributed by atoms with Gasteiger partial charge < -0.3 is 15.5 Å². The Kier molecular flexibility index (Phi) is 9.77. The third kappa shape index (κ3) is 8.62. The summed E-state index contributed by atoms with van der Waals surface area (Å²) >= 11 is 1.60. The van der Waals surface area contributed by atoms with E-state index in [2.05, 4.69) is 26.1 Å². The van der Waals surface area contributed by atoms with Gasteiger partial charge in [-0.15, -0.1) is 11.3 Å². The molecule has 0 aromatic carbocycles. The van der Waals surface area contributed by atoms with Gasteiger partial charge >= 0.3 is 6.09 Å². The summed E-state index contributed by atoms with van der Waals surface area (Å²) < 4.78 is 0. The average molecular weight is 399 g/mol. The Hall–Kier alpha value is -1.11. The Morgan fingerprint density at radius 1 is 1.26 bits per heavy atom. The molecule has 5 nitrogen and oxygen atoms in total. The van der Waals surface area contributed by atoms with Gasteiger partial charge in [-0.1, -0.05) is 32.8 Å². The van der Waals surface area contributed by atoms with Crippen molar-refractivity contribution in [2.24, 2.45) is 5.92 Å². The van der Waals surface area contributed by atoms with Crippen LogP contribution in [0.1, 0.15) is 65.7 Å². The van der Waals surface area contributed by atoms with Gasteiger partial charge in [-0.2, -0.15) is 0 Å². The number of aliphatic hydroxyl groups excluding tert-OH is 1. The van der Waals surface area contributed by atoms with Crippen LogP contribution < -0.4 is 5.32 Å². The summed E-state index contributed by atoms with van der Waals surface area (Å²) in [5, 5.41) is 26.1. The fraction of sp³-hybridized carbons (Fsp3) is 0.762. The first-order chi connectivity index (χ1) is 12.5. The fourth-order valence-corrected chi connectivity index (χ4v) is 4.11. The molecule has 156 valence electrons. The topological polar surface area (TPSA) is 72.8 Å². The number of rotatable bonds is 11. The lowest BCUT2D eigenvalue weighted by molar-refractivity contribution is 0.00726. The zero-order chi connectivity index (χ0) is 20.6. The van der Waals surface area contributed by atoms with Gasteiger partial charge in [-0.25, -0.2) is 4.79 Å². The molecule has 0 saturated heterocycles. The maximum atomic E-state index is 12.0. The van der Waals surface area contributed by atoms with Crippen molar-refractivity contribution >= 4 is 17.4 Å². The molecule has 3 atom stereocenters. The Balaban J connectivity index is 2.77. The molecule has 0 bridgehead atoms. The second-order valence-electron chi connectivity index (χ2n) is 8.88. The Labute approximate surface area is 168 Å². The van der Waals surface area contributed by atoms with E-state index in [1.54, 1.807) is 11.3 Å². The SMILES string of the molecule is CC(C)CCCC(C)NC[C@H](O)[C@H](Cc1cccs1)N(C(=O)O)C(C)(C)C. The highest BCUT2D eigenvalue weighted by Crippen LogP contribution is 2.24. The van der Waals surface area contributed by atoms with E-state index in [9.17, 15) is 15.0 Å². The summed E-state index contributed by atoms with van der Waals surface area (Å²) in [4.78, 5) is 14.4. The van der Waals surface area contributed by atoms with Crippen LogP contribution in [0.2, 0.25) is 0 Å². The molecule has 6 heteroatoms. The highest BCUT2D eigenvalue weighted by molar-refractivity contribution is 7.09. The summed E-state index contributed by atoms with van der Waals surface area (Å²) in [7, 11) is 0. The van der Waals surface area contributed by atoms with Gasteiger partial charge in [0.05, 0.1) is 12.1 Å². The smallest absolute Gasteiger partial charge is 0.408 e. The zero-order valence-electron chi connectivity index (χ0n) is 17.7. The molecule has 27 heavy (non-hydrogen) atoms. The van der Waals surface area contributed by atoms with E-state index < -0.39 is 23.8 Å². The van der Waals surface area contributed by atoms with Gasteiger partial charge in [0.1, 0.15) is 0 Å². The summed E-state index contributed by atoms with van der Waals surface area (Å²) in [6, 6.07) is 3.76. The lowest BCUT2D eigenvalue weighted by Crippen LogP contribution is -2.58. The fourth-order valence-electron chi connectivity index (χ4n) is 3.35. The van der Waals surface area contributed by atoms with Crippen molar-refractivity contribution in [1.29, 1.82) is 0 Å². The molecule has 0 aliphatic rings. The molecular formula is C21H38N2O3S. The molecule has 1 aromatic heterocycles. The highest BCUT2D eigenvalue weighted by Gasteiger charge is 2.37. The van der Waals surface area contributed by atoms with Crippen LogP contribution in [0.25, 0.3) is 0 Å². The van der Waals surface area contributed by atoms with E-state index in [0.29, 0.717) is 24.9 Å². The minimum absolute atomic E-state index is 0.300. The van der Waals surface area contributed by atoms with Gasteiger partial charge in [0.25, 0.3) is 0 Å². The lowest BCUT2D eigenvalue weighted by Gasteiger charge is -2.42. The van der Waals surface area contributed by atoms with Crippen LogP contribution in [-0.4, -0.2) is 51.5 Å². The lowest BCUT2D eigenvalue weighted by atomic mass is 9.97. The minimum atomic E-state index is -0.993. The second-order valence-corrected chi connectivity index (χ2v) is 9.91. The number of aliphatic hydroxyl groups is 1. The van der Waals surface area contributed by atoms with Crippen molar-refractivity contribution < 1.29 is 15.0 Å². The van der Waals surface area contributed by atoms with Crippen molar-refractivity contribution in [1.82, 2.24) is 10.2 Å². The summed E-state index contributed by atoms with van der Waals surface area (Å²) in [6.45, 7) is 12.6. The van der Waals surface area contributed by atoms with Crippen molar-refractivity contribution in [2.45, 2.75) is 91.0 Å². The predicted octanol–water partition coefficient (Wildman–Crippen LogP) is 4.60. The summed E-state index contributed by atoms with van der Waals surface area (Å²) in [5.41, 5.74) is -0.586. The third-order valence-electron chi connectivity index (χ3n) is 4.79. The largest absolute Gasteiger partial charge is 0.465 e. The van der Waals surface area contributed by atoms with Gasteiger partial charge in [-0.3, -0.25) is 4.90 Å². The maximum Gasteiger partial charge on any atom is 0.408 e. The number of nitrogens with zero attached hydrogens (tertiary/aromatic N) is 1. The first-order valence-corrected chi connectivity index (χ1v) is 10.9. The molecule has 1 aromatic rings. The van der Waals surface area contributed by atoms with Gasteiger partial charge in [0.15, 0.2) is 0 Å². The van der Waals surface area contributed by atoms with E-state index in [1.165, 1.54) is 11.3 Å². The number of nitrogens with one attached hydrogen (secondary N) is 1. The number of carbonyl (C=O) groups is 1. The van der Waals surface area contributed by atoms with Gasteiger partial charge in [0, 0.05) is 29.4 Å². The monoisotopic (exact) mass is 398 g/mol. The quantitative estimate of drug-likeness (QED) is 0.509. The summed E-state index contributed by atoms with van der Waals surface area (Å²) in [6.07, 6.45) is 2.17. The van der Waals surface area contributed by atoms with Crippen molar-refractivity contribution in [3.8, 4) is 0 Å². The number of hydrogen-bond donors (Lipinski definition) is 3. The number of hydrogen-bond acceptors (Lipinski definition) is 4. The third-order valence-corrected chi connectivity index (χ3v) is 5.69. The molecule has 1 heterocycles. The van der Waals surface area contributed by atoms with Crippen LogP contribution in [-0.2, 0) is 6.42 Å². The number of amides is 1. The van der Waals surface area contributed by atoms with Crippen LogP contribution in [0.3, 0.4) is 0 Å². The molecule has 0 saturated carbocycles. The van der Waals surface area contributed by atoms with Crippen molar-refractivity contribution in [3.63, 3.8) is 0 Å². The zero-order valence-corrected chi connectivity index (χ0v) is 18.6. The summed E-state index contributed by atoms with van der Waals surface area (Å²) in [5.74, 6) is 0.703.